The van der Waals surface area contributed by atoms with Crippen molar-refractivity contribution < 1.29 is 19.1 Å². The van der Waals surface area contributed by atoms with E-state index in [1.54, 1.807) is 14.2 Å². The molecule has 3 aromatic rings. The summed E-state index contributed by atoms with van der Waals surface area (Å²) in [7, 11) is 7.20. The van der Waals surface area contributed by atoms with E-state index in [1.165, 1.54) is 12.3 Å². The van der Waals surface area contributed by atoms with Crippen molar-refractivity contribution in [1.82, 2.24) is 20.6 Å². The number of carbonyl (C=O) groups is 3. The van der Waals surface area contributed by atoms with Gasteiger partial charge in [0.1, 0.15) is 18.3 Å². The van der Waals surface area contributed by atoms with Gasteiger partial charge in [0.05, 0.1) is 25.0 Å². The van der Waals surface area contributed by atoms with Gasteiger partial charge in [-0.05, 0) is 37.7 Å². The molecule has 0 bridgehead atoms. The summed E-state index contributed by atoms with van der Waals surface area (Å²) in [6.45, 7) is 5.31. The number of hydrogen-bond acceptors (Lipinski definition) is 10. The van der Waals surface area contributed by atoms with E-state index in [9.17, 15) is 9.59 Å². The standard InChI is InChI=1S/C16H14N4O.C4H11NO.C3H7NO.C3H4O/c1-18-14-4-2-3-10-5-6-11(7-12(10)14)16-19-8-13(17)15(9-21)20-16;1-5-3-4-6-2;1-4-2-3-5;1-2-3-4/h2-9,18H,17H2,1H3;5H,3-4H2,1-2H3;3-4H,2H2,1H3;2-3H,1H2. The lowest BCUT2D eigenvalue weighted by atomic mass is 10.0. The second-order valence-corrected chi connectivity index (χ2v) is 6.84. The average molecular weight is 497 g/mol. The van der Waals surface area contributed by atoms with Crippen LogP contribution in [0.3, 0.4) is 0 Å². The highest BCUT2D eigenvalue weighted by atomic mass is 16.5. The Balaban J connectivity index is 0.000000673. The smallest absolute Gasteiger partial charge is 0.170 e. The third-order valence-corrected chi connectivity index (χ3v) is 4.31. The first-order chi connectivity index (χ1) is 17.5. The Morgan fingerprint density at radius 1 is 1.08 bits per heavy atom. The maximum atomic E-state index is 10.9. The summed E-state index contributed by atoms with van der Waals surface area (Å²) < 4.78 is 4.72. The highest BCUT2D eigenvalue weighted by molar-refractivity contribution is 5.96. The van der Waals surface area contributed by atoms with Crippen molar-refractivity contribution in [3.63, 3.8) is 0 Å². The molecular formula is C26H36N6O4. The Kier molecular flexibility index (Phi) is 18.1. The van der Waals surface area contributed by atoms with Crippen LogP contribution in [-0.2, 0) is 14.3 Å². The molecule has 10 nitrogen and oxygen atoms in total. The van der Waals surface area contributed by atoms with E-state index in [0.717, 1.165) is 41.5 Å². The van der Waals surface area contributed by atoms with Crippen molar-refractivity contribution >= 4 is 41.0 Å². The highest BCUT2D eigenvalue weighted by Crippen LogP contribution is 2.27. The van der Waals surface area contributed by atoms with Crippen molar-refractivity contribution in [2.45, 2.75) is 0 Å². The first-order valence-electron chi connectivity index (χ1n) is 11.0. The molecule has 5 N–H and O–H groups in total. The number of methoxy groups -OCH3 is 1. The van der Waals surface area contributed by atoms with E-state index >= 15 is 0 Å². The maximum Gasteiger partial charge on any atom is 0.170 e. The molecule has 1 heterocycles. The number of nitrogens with zero attached hydrogens (tertiary/aromatic N) is 2. The van der Waals surface area contributed by atoms with Crippen LogP contribution in [0.2, 0.25) is 0 Å². The molecular weight excluding hydrogens is 460 g/mol. The van der Waals surface area contributed by atoms with Crippen molar-refractivity contribution in [2.24, 2.45) is 0 Å². The van der Waals surface area contributed by atoms with Gasteiger partial charge in [0.2, 0.25) is 0 Å². The van der Waals surface area contributed by atoms with Crippen molar-refractivity contribution in [3.05, 3.63) is 60.9 Å². The fourth-order valence-electron chi connectivity index (χ4n) is 2.56. The number of aldehydes is 3. The van der Waals surface area contributed by atoms with E-state index in [2.05, 4.69) is 32.5 Å². The molecule has 3 rings (SSSR count). The molecule has 0 atom stereocenters. The number of aromatic nitrogens is 2. The number of nitrogen functional groups attached to an aromatic ring is 1. The van der Waals surface area contributed by atoms with Gasteiger partial charge in [-0.15, -0.1) is 0 Å². The molecule has 0 aliphatic heterocycles. The maximum absolute atomic E-state index is 10.9. The van der Waals surface area contributed by atoms with Gasteiger partial charge in [0.25, 0.3) is 0 Å². The number of fused-ring (bicyclic) bond motifs is 1. The Hall–Kier alpha value is -3.99. The molecule has 0 amide bonds. The number of nitrogens with two attached hydrogens (primary N) is 1. The second kappa shape index (κ2) is 20.4. The van der Waals surface area contributed by atoms with Crippen LogP contribution >= 0.6 is 0 Å². The fourth-order valence-corrected chi connectivity index (χ4v) is 2.56. The quantitative estimate of drug-likeness (QED) is 0.198. The molecule has 0 spiro atoms. The lowest BCUT2D eigenvalue weighted by molar-refractivity contribution is -0.107. The minimum atomic E-state index is 0.210. The third kappa shape index (κ3) is 11.9. The van der Waals surface area contributed by atoms with E-state index in [-0.39, 0.29) is 11.4 Å². The van der Waals surface area contributed by atoms with Crippen molar-refractivity contribution in [2.75, 3.05) is 59.0 Å². The molecule has 194 valence electrons. The lowest BCUT2D eigenvalue weighted by Crippen LogP contribution is -2.12. The molecule has 0 aliphatic carbocycles. The van der Waals surface area contributed by atoms with E-state index in [1.807, 2.05) is 50.5 Å². The van der Waals surface area contributed by atoms with Crippen LogP contribution in [0.25, 0.3) is 22.2 Å². The normalized spacial score (nSPS) is 9.22. The summed E-state index contributed by atoms with van der Waals surface area (Å²) in [6.07, 6.45) is 4.75. The van der Waals surface area contributed by atoms with Crippen LogP contribution in [0.15, 0.2) is 55.3 Å². The molecule has 0 radical (unpaired) electrons. The number of anilines is 2. The molecule has 0 saturated heterocycles. The number of carbonyl (C=O) groups excluding carboxylic acids is 3. The minimum Gasteiger partial charge on any atom is -0.396 e. The van der Waals surface area contributed by atoms with Gasteiger partial charge in [0.15, 0.2) is 12.1 Å². The molecule has 0 aliphatic rings. The van der Waals surface area contributed by atoms with Crippen LogP contribution < -0.4 is 21.7 Å². The van der Waals surface area contributed by atoms with Crippen LogP contribution in [-0.4, -0.2) is 76.8 Å². The number of hydrogen-bond donors (Lipinski definition) is 4. The number of allylic oxidation sites excluding steroid dienone is 1. The topological polar surface area (TPSA) is 148 Å². The predicted molar refractivity (Wildman–Crippen MR) is 146 cm³/mol. The third-order valence-electron chi connectivity index (χ3n) is 4.31. The summed E-state index contributed by atoms with van der Waals surface area (Å²) in [6, 6.07) is 12.0. The van der Waals surface area contributed by atoms with Gasteiger partial charge in [-0.1, -0.05) is 30.8 Å². The monoisotopic (exact) mass is 496 g/mol. The summed E-state index contributed by atoms with van der Waals surface area (Å²) >= 11 is 0. The molecule has 36 heavy (non-hydrogen) atoms. The predicted octanol–water partition coefficient (Wildman–Crippen LogP) is 2.36. The van der Waals surface area contributed by atoms with Gasteiger partial charge in [-0.3, -0.25) is 9.59 Å². The summed E-state index contributed by atoms with van der Waals surface area (Å²) in [5.74, 6) is 0.485. The molecule has 1 aromatic heterocycles. The molecule has 2 aromatic carbocycles. The zero-order valence-corrected chi connectivity index (χ0v) is 21.3. The summed E-state index contributed by atoms with van der Waals surface area (Å²) in [5, 5.41) is 11.0. The highest BCUT2D eigenvalue weighted by Gasteiger charge is 2.08. The van der Waals surface area contributed by atoms with Gasteiger partial charge in [-0.2, -0.15) is 0 Å². The zero-order valence-electron chi connectivity index (χ0n) is 21.3. The van der Waals surface area contributed by atoms with Gasteiger partial charge in [0, 0.05) is 37.3 Å². The minimum absolute atomic E-state index is 0.210. The van der Waals surface area contributed by atoms with E-state index in [4.69, 9.17) is 15.3 Å². The van der Waals surface area contributed by atoms with E-state index in [0.29, 0.717) is 24.9 Å². The zero-order chi connectivity index (χ0) is 27.2. The Morgan fingerprint density at radius 2 is 1.81 bits per heavy atom. The largest absolute Gasteiger partial charge is 0.396 e. The number of rotatable bonds is 9. The van der Waals surface area contributed by atoms with E-state index < -0.39 is 0 Å². The fraction of sp³-hybridized carbons (Fsp3) is 0.269. The summed E-state index contributed by atoms with van der Waals surface area (Å²) in [5.41, 5.74) is 8.01. The van der Waals surface area contributed by atoms with Crippen LogP contribution in [0.1, 0.15) is 10.5 Å². The number of benzene rings is 2. The number of likely N-dealkylation sites (N-methyl/N-ethyl adjacent to an activating group) is 2. The Labute approximate surface area is 212 Å². The first-order valence-corrected chi connectivity index (χ1v) is 11.0. The Morgan fingerprint density at radius 3 is 2.28 bits per heavy atom. The van der Waals surface area contributed by atoms with Gasteiger partial charge < -0.3 is 31.2 Å². The van der Waals surface area contributed by atoms with Crippen LogP contribution in [0.4, 0.5) is 11.4 Å². The first kappa shape index (κ1) is 32.0. The van der Waals surface area contributed by atoms with Gasteiger partial charge >= 0.3 is 0 Å². The van der Waals surface area contributed by atoms with Crippen LogP contribution in [0.5, 0.6) is 0 Å². The molecule has 10 heteroatoms. The SMILES string of the molecule is C=CC=O.CNCC=O.CNCCOC.CNc1cccc2ccc(-c3ncc(N)c(C=O)n3)cc12. The Bertz CT molecular complexity index is 1070. The molecule has 0 fully saturated rings. The van der Waals surface area contributed by atoms with Gasteiger partial charge in [-0.25, -0.2) is 9.97 Å². The van der Waals surface area contributed by atoms with Crippen molar-refractivity contribution in [3.8, 4) is 11.4 Å². The molecule has 0 saturated carbocycles. The average Bonchev–Trinajstić information content (AvgIpc) is 2.92. The molecule has 0 unspecified atom stereocenters. The second-order valence-electron chi connectivity index (χ2n) is 6.84. The summed E-state index contributed by atoms with van der Waals surface area (Å²) in [4.78, 5) is 37.7. The number of nitrogens with one attached hydrogen (secondary N) is 3. The number of ether oxygens (including phenoxy) is 1. The van der Waals surface area contributed by atoms with Crippen LogP contribution in [0, 0.1) is 0 Å². The van der Waals surface area contributed by atoms with Crippen molar-refractivity contribution in [1.29, 1.82) is 0 Å². The lowest BCUT2D eigenvalue weighted by Gasteiger charge is -2.08.